The van der Waals surface area contributed by atoms with Crippen molar-refractivity contribution in [3.05, 3.63) is 30.1 Å². The molecule has 0 atom stereocenters. The lowest BCUT2D eigenvalue weighted by molar-refractivity contribution is -0.136. The first-order valence-corrected chi connectivity index (χ1v) is 5.75. The third kappa shape index (κ3) is 1.38. The van der Waals surface area contributed by atoms with Crippen LogP contribution in [-0.4, -0.2) is 30.2 Å². The molecule has 0 fully saturated rings. The van der Waals surface area contributed by atoms with Gasteiger partial charge in [0.1, 0.15) is 12.2 Å². The summed E-state index contributed by atoms with van der Waals surface area (Å²) >= 11 is 0. The molecule has 0 spiro atoms. The molecule has 0 radical (unpaired) electrons. The molecule has 0 amide bonds. The van der Waals surface area contributed by atoms with Gasteiger partial charge in [0.25, 0.3) is 0 Å². The fourth-order valence-electron chi connectivity index (χ4n) is 2.28. The minimum atomic E-state index is -0.905. The first-order chi connectivity index (χ1) is 8.72. The molecule has 92 valence electrons. The molecule has 0 aliphatic carbocycles. The predicted molar refractivity (Wildman–Crippen MR) is 65.5 cm³/mol. The van der Waals surface area contributed by atoms with Crippen LogP contribution in [0.1, 0.15) is 12.7 Å². The molecule has 3 rings (SSSR count). The van der Waals surface area contributed by atoms with E-state index in [2.05, 4.69) is 10.2 Å². The summed E-state index contributed by atoms with van der Waals surface area (Å²) in [7, 11) is 0. The van der Waals surface area contributed by atoms with Crippen molar-refractivity contribution in [2.24, 2.45) is 0 Å². The van der Waals surface area contributed by atoms with Crippen LogP contribution in [-0.2, 0) is 17.8 Å². The van der Waals surface area contributed by atoms with Crippen LogP contribution in [0.25, 0.3) is 16.8 Å². The maximum atomic E-state index is 10.8. The highest BCUT2D eigenvalue weighted by Crippen LogP contribution is 2.21. The third-order valence-corrected chi connectivity index (χ3v) is 2.99. The van der Waals surface area contributed by atoms with Crippen LogP contribution in [0.2, 0.25) is 0 Å². The zero-order valence-corrected chi connectivity index (χ0v) is 9.87. The Bertz CT molecular complexity index is 741. The average molecular weight is 244 g/mol. The van der Waals surface area contributed by atoms with Crippen molar-refractivity contribution in [2.75, 3.05) is 0 Å². The molecule has 0 unspecified atom stereocenters. The van der Waals surface area contributed by atoms with Crippen LogP contribution < -0.4 is 0 Å². The number of aryl methyl sites for hydroxylation is 1. The fourth-order valence-corrected chi connectivity index (χ4v) is 2.28. The predicted octanol–water partition coefficient (Wildman–Crippen LogP) is 1.33. The second-order valence-electron chi connectivity index (χ2n) is 4.06. The smallest absolute Gasteiger partial charge is 0.311 e. The first-order valence-electron chi connectivity index (χ1n) is 5.75. The van der Waals surface area contributed by atoms with Crippen molar-refractivity contribution < 1.29 is 9.90 Å². The van der Waals surface area contributed by atoms with E-state index in [0.717, 1.165) is 17.6 Å². The number of rotatable bonds is 3. The largest absolute Gasteiger partial charge is 0.481 e. The van der Waals surface area contributed by atoms with Gasteiger partial charge < -0.3 is 9.67 Å². The van der Waals surface area contributed by atoms with Crippen LogP contribution in [0.15, 0.2) is 24.3 Å². The number of aromatic nitrogens is 4. The Hall–Kier alpha value is -2.37. The number of fused-ring (bicyclic) bond motifs is 3. The highest BCUT2D eigenvalue weighted by atomic mass is 16.4. The van der Waals surface area contributed by atoms with Gasteiger partial charge in [-0.15, -0.1) is 10.2 Å². The summed E-state index contributed by atoms with van der Waals surface area (Å²) in [6.07, 6.45) is -0.126. The molecule has 0 aliphatic heterocycles. The number of carboxylic acids is 1. The molecule has 6 heteroatoms. The number of benzene rings is 1. The number of aliphatic carboxylic acids is 1. The minimum absolute atomic E-state index is 0.126. The second-order valence-corrected chi connectivity index (χ2v) is 4.06. The lowest BCUT2D eigenvalue weighted by Crippen LogP contribution is -2.04. The Morgan fingerprint density at radius 1 is 1.28 bits per heavy atom. The summed E-state index contributed by atoms with van der Waals surface area (Å²) in [5.74, 6) is 0.244. The lowest BCUT2D eigenvalue weighted by Gasteiger charge is -1.97. The molecule has 0 saturated carbocycles. The van der Waals surface area contributed by atoms with Crippen molar-refractivity contribution >= 4 is 22.8 Å². The number of imidazole rings is 1. The Balaban J connectivity index is 2.39. The molecule has 6 nitrogen and oxygen atoms in total. The number of carboxylic acid groups (broad SMARTS) is 1. The summed E-state index contributed by atoms with van der Waals surface area (Å²) in [6, 6.07) is 7.83. The molecule has 1 aromatic carbocycles. The summed E-state index contributed by atoms with van der Waals surface area (Å²) in [5, 5.41) is 17.0. The van der Waals surface area contributed by atoms with Crippen molar-refractivity contribution in [3.8, 4) is 0 Å². The van der Waals surface area contributed by atoms with Gasteiger partial charge in [-0.1, -0.05) is 12.1 Å². The van der Waals surface area contributed by atoms with E-state index in [4.69, 9.17) is 5.11 Å². The van der Waals surface area contributed by atoms with E-state index in [-0.39, 0.29) is 6.42 Å². The van der Waals surface area contributed by atoms with E-state index in [9.17, 15) is 4.79 Å². The summed E-state index contributed by atoms with van der Waals surface area (Å²) in [6.45, 7) is 2.79. The maximum absolute atomic E-state index is 10.8. The van der Waals surface area contributed by atoms with Gasteiger partial charge in [-0.25, -0.2) is 0 Å². The van der Waals surface area contributed by atoms with E-state index < -0.39 is 5.97 Å². The van der Waals surface area contributed by atoms with Gasteiger partial charge in [0.15, 0.2) is 0 Å². The molecule has 18 heavy (non-hydrogen) atoms. The molecule has 0 aliphatic rings. The Kier molecular flexibility index (Phi) is 2.29. The van der Waals surface area contributed by atoms with Gasteiger partial charge in [-0.2, -0.15) is 0 Å². The van der Waals surface area contributed by atoms with Crippen molar-refractivity contribution in [2.45, 2.75) is 19.9 Å². The number of nitrogens with zero attached hydrogens (tertiary/aromatic N) is 4. The number of para-hydroxylation sites is 2. The fraction of sp³-hybridized carbons (Fsp3) is 0.250. The van der Waals surface area contributed by atoms with Crippen molar-refractivity contribution in [1.29, 1.82) is 0 Å². The van der Waals surface area contributed by atoms with E-state index in [0.29, 0.717) is 11.6 Å². The molecule has 1 N–H and O–H groups in total. The lowest BCUT2D eigenvalue weighted by atomic mass is 10.3. The van der Waals surface area contributed by atoms with Gasteiger partial charge >= 0.3 is 5.97 Å². The normalized spacial score (nSPS) is 11.4. The molecular formula is C12H12N4O2. The average Bonchev–Trinajstić information content (AvgIpc) is 2.87. The number of hydrogen-bond donors (Lipinski definition) is 1. The van der Waals surface area contributed by atoms with Gasteiger partial charge in [0, 0.05) is 6.54 Å². The Labute approximate surface area is 102 Å². The van der Waals surface area contributed by atoms with E-state index in [1.165, 1.54) is 0 Å². The summed E-state index contributed by atoms with van der Waals surface area (Å²) in [4.78, 5) is 10.8. The minimum Gasteiger partial charge on any atom is -0.481 e. The van der Waals surface area contributed by atoms with Gasteiger partial charge in [0.2, 0.25) is 5.78 Å². The molecule has 0 bridgehead atoms. The highest BCUT2D eigenvalue weighted by Gasteiger charge is 2.16. The van der Waals surface area contributed by atoms with Crippen molar-refractivity contribution in [3.63, 3.8) is 0 Å². The SMILES string of the molecule is CCn1c2ccccc2n2c(CC(=O)O)nnc12. The second kappa shape index (κ2) is 3.83. The third-order valence-electron chi connectivity index (χ3n) is 2.99. The van der Waals surface area contributed by atoms with Crippen molar-refractivity contribution in [1.82, 2.24) is 19.2 Å². The zero-order chi connectivity index (χ0) is 12.7. The molecule has 2 heterocycles. The Morgan fingerprint density at radius 3 is 2.67 bits per heavy atom. The van der Waals surface area contributed by atoms with E-state index >= 15 is 0 Å². The maximum Gasteiger partial charge on any atom is 0.311 e. The van der Waals surface area contributed by atoms with Gasteiger partial charge in [0.05, 0.1) is 11.0 Å². The van der Waals surface area contributed by atoms with Crippen LogP contribution in [0.3, 0.4) is 0 Å². The molecule has 0 saturated heterocycles. The number of hydrogen-bond acceptors (Lipinski definition) is 3. The number of carbonyl (C=O) groups is 1. The van der Waals surface area contributed by atoms with Crippen LogP contribution in [0, 0.1) is 0 Å². The topological polar surface area (TPSA) is 72.4 Å². The summed E-state index contributed by atoms with van der Waals surface area (Å²) < 4.78 is 3.83. The van der Waals surface area contributed by atoms with Gasteiger partial charge in [-0.3, -0.25) is 9.20 Å². The quantitative estimate of drug-likeness (QED) is 0.754. The molecular weight excluding hydrogens is 232 g/mol. The molecule has 2 aromatic heterocycles. The molecule has 3 aromatic rings. The van der Waals surface area contributed by atoms with Gasteiger partial charge in [-0.05, 0) is 19.1 Å². The standard InChI is InChI=1S/C12H12N4O2/c1-2-15-8-5-3-4-6-9(8)16-10(7-11(17)18)13-14-12(15)16/h3-6H,2,7H2,1H3,(H,17,18). The Morgan fingerprint density at radius 2 is 2.00 bits per heavy atom. The van der Waals surface area contributed by atoms with E-state index in [1.807, 2.05) is 40.2 Å². The highest BCUT2D eigenvalue weighted by molar-refractivity contribution is 5.81. The van der Waals surface area contributed by atoms with Crippen LogP contribution in [0.5, 0.6) is 0 Å². The zero-order valence-electron chi connectivity index (χ0n) is 9.87. The monoisotopic (exact) mass is 244 g/mol. The first kappa shape index (κ1) is 10.8. The summed E-state index contributed by atoms with van der Waals surface area (Å²) in [5.41, 5.74) is 1.98. The van der Waals surface area contributed by atoms with Crippen LogP contribution >= 0.6 is 0 Å². The van der Waals surface area contributed by atoms with E-state index in [1.54, 1.807) is 0 Å². The van der Waals surface area contributed by atoms with Crippen LogP contribution in [0.4, 0.5) is 0 Å².